The Morgan fingerprint density at radius 1 is 1.15 bits per heavy atom. The van der Waals surface area contributed by atoms with Crippen LogP contribution in [-0.2, 0) is 6.42 Å². The molecule has 0 aliphatic carbocycles. The number of aromatic nitrogens is 1. The third-order valence-electron chi connectivity index (χ3n) is 5.29. The number of hydrogen-bond donors (Lipinski definition) is 3. The lowest BCUT2D eigenvalue weighted by Gasteiger charge is -2.30. The maximum absolute atomic E-state index is 13.4. The average Bonchev–Trinajstić information content (AvgIpc) is 2.76. The number of phenolic OH excluding ortho intramolecular Hbond substituents is 1. The fraction of sp³-hybridized carbons (Fsp3) is 0.360. The van der Waals surface area contributed by atoms with E-state index in [2.05, 4.69) is 4.98 Å². The molecule has 3 N–H and O–H groups in total. The minimum Gasteiger partial charge on any atom is -0.507 e. The van der Waals surface area contributed by atoms with Crippen LogP contribution in [0.3, 0.4) is 0 Å². The number of aromatic hydroxyl groups is 2. The number of nitrogens with one attached hydrogen (secondary N) is 1. The second-order valence-corrected chi connectivity index (χ2v) is 8.44. The lowest BCUT2D eigenvalue weighted by molar-refractivity contribution is 0.156. The molecule has 0 radical (unpaired) electrons. The number of aromatic amines is 1. The second-order valence-electron chi connectivity index (χ2n) is 8.44. The Morgan fingerprint density at radius 2 is 1.85 bits per heavy atom. The Bertz CT molecular complexity index is 1330. The highest BCUT2D eigenvalue weighted by molar-refractivity contribution is 5.96. The van der Waals surface area contributed by atoms with Crippen LogP contribution in [0.4, 0.5) is 0 Å². The van der Waals surface area contributed by atoms with Gasteiger partial charge in [0.2, 0.25) is 10.9 Å². The normalized spacial score (nSPS) is 13.9. The molecule has 3 heterocycles. The molecule has 0 bridgehead atoms. The van der Waals surface area contributed by atoms with Crippen molar-refractivity contribution < 1.29 is 19.4 Å². The molecule has 0 saturated heterocycles. The first-order valence-corrected chi connectivity index (χ1v) is 10.9. The van der Waals surface area contributed by atoms with Crippen LogP contribution in [0, 0.1) is 0 Å². The number of ether oxygens (including phenoxy) is 1. The van der Waals surface area contributed by atoms with E-state index >= 15 is 0 Å². The first-order chi connectivity index (χ1) is 15.6. The van der Waals surface area contributed by atoms with Crippen molar-refractivity contribution in [3.8, 4) is 28.5 Å². The minimum absolute atomic E-state index is 0.0203. The van der Waals surface area contributed by atoms with Gasteiger partial charge in [-0.15, -0.1) is 0 Å². The highest BCUT2D eigenvalue weighted by Crippen LogP contribution is 2.44. The maximum Gasteiger partial charge on any atom is 0.223 e. The summed E-state index contributed by atoms with van der Waals surface area (Å²) in [5, 5.41) is 20.6. The number of pyridine rings is 1. The molecule has 3 aromatic rings. The molecular formula is C25H30N2O6. The van der Waals surface area contributed by atoms with Crippen molar-refractivity contribution in [2.75, 3.05) is 20.6 Å². The molecular weight excluding hydrogens is 424 g/mol. The molecule has 0 amide bonds. The van der Waals surface area contributed by atoms with E-state index in [0.29, 0.717) is 29.8 Å². The van der Waals surface area contributed by atoms with Gasteiger partial charge in [0.15, 0.2) is 11.3 Å². The quantitative estimate of drug-likeness (QED) is 0.548. The Balaban J connectivity index is 0.00000149. The monoisotopic (exact) mass is 454 g/mol. The van der Waals surface area contributed by atoms with Crippen LogP contribution in [0.25, 0.3) is 28.3 Å². The highest BCUT2D eigenvalue weighted by Gasteiger charge is 2.30. The van der Waals surface area contributed by atoms with E-state index in [4.69, 9.17) is 9.15 Å². The summed E-state index contributed by atoms with van der Waals surface area (Å²) in [6.07, 6.45) is 6.51. The van der Waals surface area contributed by atoms with Crippen LogP contribution in [0.2, 0.25) is 0 Å². The zero-order valence-corrected chi connectivity index (χ0v) is 19.8. The van der Waals surface area contributed by atoms with Gasteiger partial charge in [0.25, 0.3) is 0 Å². The third-order valence-corrected chi connectivity index (χ3v) is 5.29. The third kappa shape index (κ3) is 4.52. The lowest BCUT2D eigenvalue weighted by Crippen LogP contribution is -2.29. The van der Waals surface area contributed by atoms with Crippen molar-refractivity contribution in [2.45, 2.75) is 39.7 Å². The molecule has 1 aromatic carbocycles. The molecule has 0 atom stereocenters. The summed E-state index contributed by atoms with van der Waals surface area (Å²) >= 11 is 0. The van der Waals surface area contributed by atoms with Gasteiger partial charge in [-0.05, 0) is 46.5 Å². The van der Waals surface area contributed by atoms with Gasteiger partial charge >= 0.3 is 0 Å². The molecule has 33 heavy (non-hydrogen) atoms. The van der Waals surface area contributed by atoms with Crippen molar-refractivity contribution in [1.82, 2.24) is 9.88 Å². The predicted octanol–water partition coefficient (Wildman–Crippen LogP) is 3.87. The van der Waals surface area contributed by atoms with Gasteiger partial charge in [-0.2, -0.15) is 0 Å². The first-order valence-electron chi connectivity index (χ1n) is 10.9. The van der Waals surface area contributed by atoms with Crippen molar-refractivity contribution in [3.63, 3.8) is 0 Å². The SMILES string of the molecule is CC.CN(C)CCc1c2c(c3occ(-c4cc(=O)c(O)c[nH]4)c(=O)c3c1O)C=CC(C)(C)O2. The van der Waals surface area contributed by atoms with E-state index in [0.717, 1.165) is 12.3 Å². The molecule has 176 valence electrons. The highest BCUT2D eigenvalue weighted by atomic mass is 16.5. The Morgan fingerprint density at radius 3 is 2.48 bits per heavy atom. The summed E-state index contributed by atoms with van der Waals surface area (Å²) in [6, 6.07) is 1.11. The molecule has 2 aromatic heterocycles. The number of rotatable bonds is 4. The predicted molar refractivity (Wildman–Crippen MR) is 129 cm³/mol. The number of fused-ring (bicyclic) bond motifs is 3. The zero-order valence-electron chi connectivity index (χ0n) is 19.8. The summed E-state index contributed by atoms with van der Waals surface area (Å²) in [4.78, 5) is 29.9. The van der Waals surface area contributed by atoms with Gasteiger partial charge in [0.05, 0.1) is 16.8 Å². The van der Waals surface area contributed by atoms with Gasteiger partial charge in [-0.3, -0.25) is 9.59 Å². The summed E-state index contributed by atoms with van der Waals surface area (Å²) in [5.41, 5.74) is -0.131. The van der Waals surface area contributed by atoms with Gasteiger partial charge < -0.3 is 29.3 Å². The molecule has 1 aliphatic rings. The topological polar surface area (TPSA) is 116 Å². The number of likely N-dealkylation sites (N-methyl/N-ethyl adjacent to an activating group) is 1. The Kier molecular flexibility index (Phi) is 6.69. The summed E-state index contributed by atoms with van der Waals surface area (Å²) in [6.45, 7) is 8.45. The van der Waals surface area contributed by atoms with E-state index in [1.807, 2.05) is 58.8 Å². The van der Waals surface area contributed by atoms with Crippen LogP contribution < -0.4 is 15.6 Å². The summed E-state index contributed by atoms with van der Waals surface area (Å²) in [5.74, 6) is -0.159. The number of phenols is 1. The average molecular weight is 455 g/mol. The first kappa shape index (κ1) is 24.1. The van der Waals surface area contributed by atoms with Gasteiger partial charge in [0.1, 0.15) is 28.7 Å². The number of hydrogen-bond acceptors (Lipinski definition) is 7. The van der Waals surface area contributed by atoms with Crippen molar-refractivity contribution in [2.24, 2.45) is 0 Å². The fourth-order valence-electron chi connectivity index (χ4n) is 3.63. The minimum atomic E-state index is -0.631. The molecule has 0 saturated carbocycles. The standard InChI is InChI=1S/C23H24N2O6.C2H6/c1-23(2)7-5-13-21(31-23)12(6-8-25(3)4)19(28)18-20(29)14(11-30-22(13)18)15-9-16(26)17(27)10-24-15;1-2/h5,7,9-11,27-28H,6,8H2,1-4H3,(H,24,26);1-2H3. The van der Waals surface area contributed by atoms with Crippen LogP contribution in [0.1, 0.15) is 38.8 Å². The largest absolute Gasteiger partial charge is 0.507 e. The number of nitrogens with zero attached hydrogens (tertiary/aromatic N) is 1. The van der Waals surface area contributed by atoms with Crippen LogP contribution in [0.15, 0.2) is 38.6 Å². The van der Waals surface area contributed by atoms with Crippen LogP contribution in [0.5, 0.6) is 17.2 Å². The van der Waals surface area contributed by atoms with E-state index in [1.54, 1.807) is 0 Å². The molecule has 0 spiro atoms. The van der Waals surface area contributed by atoms with E-state index in [-0.39, 0.29) is 28.0 Å². The van der Waals surface area contributed by atoms with E-state index < -0.39 is 22.2 Å². The Hall–Kier alpha value is -3.52. The molecule has 8 heteroatoms. The van der Waals surface area contributed by atoms with Gasteiger partial charge in [-0.1, -0.05) is 13.8 Å². The summed E-state index contributed by atoms with van der Waals surface area (Å²) in [7, 11) is 3.84. The van der Waals surface area contributed by atoms with E-state index in [9.17, 15) is 19.8 Å². The van der Waals surface area contributed by atoms with Crippen molar-refractivity contribution in [1.29, 1.82) is 0 Å². The van der Waals surface area contributed by atoms with Crippen LogP contribution in [-0.4, -0.2) is 46.3 Å². The Labute approximate surface area is 191 Å². The summed E-state index contributed by atoms with van der Waals surface area (Å²) < 4.78 is 11.9. The van der Waals surface area contributed by atoms with Crippen LogP contribution >= 0.6 is 0 Å². The second kappa shape index (κ2) is 9.15. The van der Waals surface area contributed by atoms with Crippen molar-refractivity contribution >= 4 is 17.0 Å². The molecule has 0 fully saturated rings. The molecule has 1 aliphatic heterocycles. The van der Waals surface area contributed by atoms with E-state index in [1.165, 1.54) is 6.26 Å². The molecule has 0 unspecified atom stereocenters. The lowest BCUT2D eigenvalue weighted by atomic mass is 9.94. The molecule has 4 rings (SSSR count). The fourth-order valence-corrected chi connectivity index (χ4v) is 3.63. The van der Waals surface area contributed by atoms with Gasteiger partial charge in [0, 0.05) is 24.4 Å². The number of benzene rings is 1. The zero-order chi connectivity index (χ0) is 24.5. The molecule has 8 nitrogen and oxygen atoms in total. The maximum atomic E-state index is 13.4. The smallest absolute Gasteiger partial charge is 0.223 e. The van der Waals surface area contributed by atoms with Crippen molar-refractivity contribution in [3.05, 3.63) is 56.2 Å². The number of H-pyrrole nitrogens is 1. The van der Waals surface area contributed by atoms with Gasteiger partial charge in [-0.25, -0.2) is 0 Å².